The van der Waals surface area contributed by atoms with Gasteiger partial charge in [0.1, 0.15) is 0 Å². The van der Waals surface area contributed by atoms with Gasteiger partial charge in [-0.2, -0.15) is 0 Å². The van der Waals surface area contributed by atoms with Gasteiger partial charge in [-0.1, -0.05) is 59.2 Å². The van der Waals surface area contributed by atoms with E-state index in [2.05, 4.69) is 68.1 Å². The number of hydrogen-bond donors (Lipinski definition) is 1. The van der Waals surface area contributed by atoms with Crippen molar-refractivity contribution in [2.45, 2.75) is 59.3 Å². The van der Waals surface area contributed by atoms with Gasteiger partial charge in [-0.25, -0.2) is 9.97 Å². The van der Waals surface area contributed by atoms with Crippen molar-refractivity contribution in [1.29, 1.82) is 0 Å². The Bertz CT molecular complexity index is 727. The van der Waals surface area contributed by atoms with Crippen LogP contribution in [0.25, 0.3) is 0 Å². The Morgan fingerprint density at radius 3 is 2.11 bits per heavy atom. The lowest BCUT2D eigenvalue weighted by molar-refractivity contribution is 0.0792. The predicted octanol–water partition coefficient (Wildman–Crippen LogP) is 5.34. The average Bonchev–Trinajstić information content (AvgIpc) is 2.65. The first kappa shape index (κ1) is 20.9. The molecule has 2 rings (SSSR count). The van der Waals surface area contributed by atoms with Gasteiger partial charge in [0.2, 0.25) is 5.95 Å². The Kier molecular flexibility index (Phi) is 7.34. The highest BCUT2D eigenvalue weighted by Gasteiger charge is 2.16. The lowest BCUT2D eigenvalue weighted by Gasteiger charge is -2.20. The molecule has 0 aliphatic rings. The maximum Gasteiger partial charge on any atom is 0.256 e. The number of nitrogens with zero attached hydrogens (tertiary/aromatic N) is 3. The minimum Gasteiger partial charge on any atom is -0.342 e. The van der Waals surface area contributed by atoms with E-state index >= 15 is 0 Å². The molecule has 5 heteroatoms. The molecule has 0 aliphatic carbocycles. The molecule has 1 aromatic heterocycles. The maximum absolute atomic E-state index is 12.4. The number of carbonyl (C=O) groups excluding carboxylic acids is 1. The van der Waals surface area contributed by atoms with E-state index in [1.54, 1.807) is 17.3 Å². The summed E-state index contributed by atoms with van der Waals surface area (Å²) in [5.74, 6) is 1.25. The Morgan fingerprint density at radius 1 is 1.07 bits per heavy atom. The zero-order valence-electron chi connectivity index (χ0n) is 17.4. The Hall–Kier alpha value is -2.43. The number of nitrogens with one attached hydrogen (secondary N) is 1. The molecule has 1 aromatic carbocycles. The fourth-order valence-corrected chi connectivity index (χ4v) is 3.03. The molecule has 27 heavy (non-hydrogen) atoms. The van der Waals surface area contributed by atoms with Crippen LogP contribution in [0.3, 0.4) is 0 Å². The Labute approximate surface area is 163 Å². The molecule has 0 aliphatic heterocycles. The van der Waals surface area contributed by atoms with Crippen LogP contribution in [0, 0.1) is 0 Å². The van der Waals surface area contributed by atoms with Crippen molar-refractivity contribution < 1.29 is 4.79 Å². The summed E-state index contributed by atoms with van der Waals surface area (Å²) in [6.07, 6.45) is 5.26. The van der Waals surface area contributed by atoms with Crippen LogP contribution < -0.4 is 5.32 Å². The minimum atomic E-state index is -0.0413. The molecular weight excluding hydrogens is 336 g/mol. The van der Waals surface area contributed by atoms with Gasteiger partial charge in [0.15, 0.2) is 0 Å². The van der Waals surface area contributed by atoms with Gasteiger partial charge in [-0.3, -0.25) is 4.79 Å². The van der Waals surface area contributed by atoms with Crippen LogP contribution in [0.4, 0.5) is 11.6 Å². The van der Waals surface area contributed by atoms with Crippen LogP contribution in [-0.4, -0.2) is 34.4 Å². The largest absolute Gasteiger partial charge is 0.342 e. The van der Waals surface area contributed by atoms with Gasteiger partial charge in [-0.05, 0) is 29.4 Å². The van der Waals surface area contributed by atoms with E-state index in [9.17, 15) is 4.79 Å². The fourth-order valence-electron chi connectivity index (χ4n) is 3.03. The second kappa shape index (κ2) is 9.49. The normalized spacial score (nSPS) is 11.1. The summed E-state index contributed by atoms with van der Waals surface area (Å²) >= 11 is 0. The number of hydrogen-bond acceptors (Lipinski definition) is 4. The molecule has 146 valence electrons. The van der Waals surface area contributed by atoms with Gasteiger partial charge in [0, 0.05) is 31.7 Å². The molecule has 5 nitrogen and oxygen atoms in total. The molecular formula is C22H32N4O. The number of aromatic nitrogens is 2. The molecule has 1 amide bonds. The van der Waals surface area contributed by atoms with Gasteiger partial charge < -0.3 is 10.2 Å². The second-order valence-electron chi connectivity index (χ2n) is 7.62. The first-order chi connectivity index (χ1) is 12.8. The van der Waals surface area contributed by atoms with Gasteiger partial charge in [0.25, 0.3) is 5.91 Å². The molecule has 0 spiro atoms. The highest BCUT2D eigenvalue weighted by Crippen LogP contribution is 2.33. The summed E-state index contributed by atoms with van der Waals surface area (Å²) in [6.45, 7) is 11.6. The number of carbonyl (C=O) groups is 1. The molecule has 0 atom stereocenters. The summed E-state index contributed by atoms with van der Waals surface area (Å²) in [5, 5.41) is 3.39. The van der Waals surface area contributed by atoms with Crippen LogP contribution in [0.5, 0.6) is 0 Å². The highest BCUT2D eigenvalue weighted by atomic mass is 16.2. The molecule has 0 unspecified atom stereocenters. The fraction of sp³-hybridized carbons (Fsp3) is 0.500. The molecule has 2 aromatic rings. The number of unbranched alkanes of at least 4 members (excludes halogenated alkanes) is 1. The van der Waals surface area contributed by atoms with E-state index < -0.39 is 0 Å². The number of rotatable bonds is 8. The zero-order valence-corrected chi connectivity index (χ0v) is 17.4. The third kappa shape index (κ3) is 5.28. The maximum atomic E-state index is 12.4. The Balaban J connectivity index is 2.23. The quantitative estimate of drug-likeness (QED) is 0.683. The topological polar surface area (TPSA) is 58.1 Å². The van der Waals surface area contributed by atoms with Crippen LogP contribution >= 0.6 is 0 Å². The smallest absolute Gasteiger partial charge is 0.256 e. The van der Waals surface area contributed by atoms with Gasteiger partial charge in [0.05, 0.1) is 5.56 Å². The number of amides is 1. The van der Waals surface area contributed by atoms with Crippen molar-refractivity contribution in [3.05, 3.63) is 47.3 Å². The lowest BCUT2D eigenvalue weighted by atomic mass is 9.93. The van der Waals surface area contributed by atoms with Crippen LogP contribution in [0.1, 0.15) is 80.8 Å². The van der Waals surface area contributed by atoms with E-state index in [-0.39, 0.29) is 5.91 Å². The van der Waals surface area contributed by atoms with Crippen molar-refractivity contribution in [2.75, 3.05) is 18.9 Å². The predicted molar refractivity (Wildman–Crippen MR) is 112 cm³/mol. The van der Waals surface area contributed by atoms with E-state index in [0.29, 0.717) is 23.3 Å². The average molecular weight is 369 g/mol. The summed E-state index contributed by atoms with van der Waals surface area (Å²) in [4.78, 5) is 22.9. The number of para-hydroxylation sites is 1. The molecule has 0 saturated heterocycles. The summed E-state index contributed by atoms with van der Waals surface area (Å²) in [6, 6.07) is 6.38. The van der Waals surface area contributed by atoms with Crippen molar-refractivity contribution in [2.24, 2.45) is 0 Å². The Morgan fingerprint density at radius 2 is 1.63 bits per heavy atom. The minimum absolute atomic E-state index is 0.0413. The standard InChI is InChI=1S/C22H32N4O/c1-7-8-12-26(6)21(27)17-13-23-22(24-14-17)25-20-18(15(2)3)10-9-11-19(20)16(4)5/h9-11,13-16H,7-8,12H2,1-6H3,(H,23,24,25). The molecule has 0 radical (unpaired) electrons. The van der Waals surface area contributed by atoms with Crippen molar-refractivity contribution >= 4 is 17.5 Å². The number of benzene rings is 1. The molecule has 1 N–H and O–H groups in total. The van der Waals surface area contributed by atoms with Crippen LogP contribution in [0.15, 0.2) is 30.6 Å². The molecule has 0 fully saturated rings. The van der Waals surface area contributed by atoms with Crippen LogP contribution in [0.2, 0.25) is 0 Å². The van der Waals surface area contributed by atoms with Crippen molar-refractivity contribution in [1.82, 2.24) is 14.9 Å². The molecule has 0 saturated carbocycles. The lowest BCUT2D eigenvalue weighted by Crippen LogP contribution is -2.27. The van der Waals surface area contributed by atoms with E-state index in [1.165, 1.54) is 11.1 Å². The van der Waals surface area contributed by atoms with Crippen molar-refractivity contribution in [3.8, 4) is 0 Å². The van der Waals surface area contributed by atoms with Gasteiger partial charge >= 0.3 is 0 Å². The van der Waals surface area contributed by atoms with Crippen LogP contribution in [-0.2, 0) is 0 Å². The first-order valence-corrected chi connectivity index (χ1v) is 9.82. The molecule has 0 bridgehead atoms. The second-order valence-corrected chi connectivity index (χ2v) is 7.62. The number of anilines is 2. The SMILES string of the molecule is CCCCN(C)C(=O)c1cnc(Nc2c(C(C)C)cccc2C(C)C)nc1. The van der Waals surface area contributed by atoms with Crippen molar-refractivity contribution in [3.63, 3.8) is 0 Å². The van der Waals surface area contributed by atoms with E-state index in [1.807, 2.05) is 7.05 Å². The third-order valence-electron chi connectivity index (χ3n) is 4.70. The molecule has 1 heterocycles. The first-order valence-electron chi connectivity index (χ1n) is 9.82. The third-order valence-corrected chi connectivity index (χ3v) is 4.70. The van der Waals surface area contributed by atoms with E-state index in [4.69, 9.17) is 0 Å². The van der Waals surface area contributed by atoms with Gasteiger partial charge in [-0.15, -0.1) is 0 Å². The summed E-state index contributed by atoms with van der Waals surface area (Å²) in [5.41, 5.74) is 4.07. The highest BCUT2D eigenvalue weighted by molar-refractivity contribution is 5.93. The van der Waals surface area contributed by atoms with E-state index in [0.717, 1.165) is 25.1 Å². The zero-order chi connectivity index (χ0) is 20.0. The summed E-state index contributed by atoms with van der Waals surface area (Å²) < 4.78 is 0. The monoisotopic (exact) mass is 368 g/mol. The summed E-state index contributed by atoms with van der Waals surface area (Å²) in [7, 11) is 1.82.